The molecule has 1 fully saturated rings. The topological polar surface area (TPSA) is 64.8 Å². The first-order valence-electron chi connectivity index (χ1n) is 9.59. The molecule has 2 aromatic carbocycles. The van der Waals surface area contributed by atoms with Crippen LogP contribution in [0.4, 0.5) is 0 Å². The molecule has 0 unspecified atom stereocenters. The summed E-state index contributed by atoms with van der Waals surface area (Å²) in [6.07, 6.45) is 5.31. The van der Waals surface area contributed by atoms with Crippen LogP contribution in [-0.4, -0.2) is 32.3 Å². The van der Waals surface area contributed by atoms with E-state index in [0.29, 0.717) is 6.42 Å². The van der Waals surface area contributed by atoms with Gasteiger partial charge in [0.25, 0.3) is 0 Å². The van der Waals surface area contributed by atoms with E-state index >= 15 is 0 Å². The quantitative estimate of drug-likeness (QED) is 0.570. The minimum Gasteiger partial charge on any atom is -0.361 e. The average molecular weight is 358 g/mol. The van der Waals surface area contributed by atoms with E-state index in [0.717, 1.165) is 48.2 Å². The normalized spacial score (nSPS) is 17.2. The fourth-order valence-corrected chi connectivity index (χ4v) is 4.20. The predicted octanol–water partition coefficient (Wildman–Crippen LogP) is 4.34. The van der Waals surface area contributed by atoms with Crippen LogP contribution in [0.5, 0.6) is 0 Å². The first-order valence-corrected chi connectivity index (χ1v) is 9.59. The Bertz CT molecular complexity index is 1080. The molecule has 27 heavy (non-hydrogen) atoms. The van der Waals surface area contributed by atoms with Crippen molar-refractivity contribution in [2.24, 2.45) is 0 Å². The molecule has 4 aromatic rings. The van der Waals surface area contributed by atoms with Crippen LogP contribution in [0.15, 0.2) is 54.7 Å². The van der Waals surface area contributed by atoms with Crippen molar-refractivity contribution < 1.29 is 4.79 Å². The molecule has 3 heterocycles. The van der Waals surface area contributed by atoms with E-state index in [1.807, 2.05) is 47.5 Å². The van der Waals surface area contributed by atoms with Crippen molar-refractivity contribution in [3.63, 3.8) is 0 Å². The predicted molar refractivity (Wildman–Crippen MR) is 106 cm³/mol. The molecule has 5 rings (SSSR count). The number of hydrogen-bond acceptors (Lipinski definition) is 2. The lowest BCUT2D eigenvalue weighted by molar-refractivity contribution is -0.132. The Kier molecular flexibility index (Phi) is 3.93. The monoisotopic (exact) mass is 358 g/mol. The van der Waals surface area contributed by atoms with Gasteiger partial charge < -0.3 is 14.9 Å². The SMILES string of the molecule is O=C(CCc1c[nH]c2ccccc12)N1CCC[C@@H]1c1nc2ccccc2[nH]1. The maximum atomic E-state index is 12.9. The Morgan fingerprint density at radius 1 is 1.11 bits per heavy atom. The van der Waals surface area contributed by atoms with Gasteiger partial charge >= 0.3 is 0 Å². The van der Waals surface area contributed by atoms with E-state index in [4.69, 9.17) is 4.98 Å². The van der Waals surface area contributed by atoms with Crippen LogP contribution in [0.2, 0.25) is 0 Å². The number of nitrogens with one attached hydrogen (secondary N) is 2. The second kappa shape index (κ2) is 6.58. The van der Waals surface area contributed by atoms with Crippen LogP contribution in [0, 0.1) is 0 Å². The van der Waals surface area contributed by atoms with E-state index in [1.165, 1.54) is 10.9 Å². The summed E-state index contributed by atoms with van der Waals surface area (Å²) in [4.78, 5) is 26.4. The Labute approximate surface area is 157 Å². The smallest absolute Gasteiger partial charge is 0.223 e. The Morgan fingerprint density at radius 3 is 2.81 bits per heavy atom. The zero-order chi connectivity index (χ0) is 18.2. The molecule has 2 aromatic heterocycles. The molecule has 1 aliphatic heterocycles. The number of amides is 1. The Morgan fingerprint density at radius 2 is 1.93 bits per heavy atom. The number of benzene rings is 2. The number of hydrogen-bond donors (Lipinski definition) is 2. The number of aryl methyl sites for hydroxylation is 1. The molecule has 5 nitrogen and oxygen atoms in total. The van der Waals surface area contributed by atoms with E-state index in [9.17, 15) is 4.79 Å². The molecule has 1 amide bonds. The van der Waals surface area contributed by atoms with E-state index in [1.54, 1.807) is 0 Å². The summed E-state index contributed by atoms with van der Waals surface area (Å²) in [7, 11) is 0. The van der Waals surface area contributed by atoms with Crippen molar-refractivity contribution in [1.29, 1.82) is 0 Å². The summed E-state index contributed by atoms with van der Waals surface area (Å²) >= 11 is 0. The van der Waals surface area contributed by atoms with Crippen LogP contribution in [0.25, 0.3) is 21.9 Å². The van der Waals surface area contributed by atoms with Crippen molar-refractivity contribution in [1.82, 2.24) is 19.9 Å². The second-order valence-electron chi connectivity index (χ2n) is 7.24. The fourth-order valence-electron chi connectivity index (χ4n) is 4.20. The van der Waals surface area contributed by atoms with E-state index < -0.39 is 0 Å². The molecule has 0 bridgehead atoms. The van der Waals surface area contributed by atoms with Gasteiger partial charge in [0, 0.05) is 30.1 Å². The van der Waals surface area contributed by atoms with Gasteiger partial charge in [0.05, 0.1) is 17.1 Å². The van der Waals surface area contributed by atoms with Gasteiger partial charge in [-0.1, -0.05) is 30.3 Å². The van der Waals surface area contributed by atoms with Crippen LogP contribution < -0.4 is 0 Å². The Balaban J connectivity index is 1.33. The highest BCUT2D eigenvalue weighted by Gasteiger charge is 2.31. The number of fused-ring (bicyclic) bond motifs is 2. The highest BCUT2D eigenvalue weighted by Crippen LogP contribution is 2.32. The maximum Gasteiger partial charge on any atom is 0.223 e. The number of nitrogens with zero attached hydrogens (tertiary/aromatic N) is 2. The molecule has 0 saturated carbocycles. The van der Waals surface area contributed by atoms with Gasteiger partial charge in [0.2, 0.25) is 5.91 Å². The molecule has 1 aliphatic rings. The molecule has 1 atom stereocenters. The highest BCUT2D eigenvalue weighted by atomic mass is 16.2. The number of carbonyl (C=O) groups is 1. The molecular weight excluding hydrogens is 336 g/mol. The molecule has 0 spiro atoms. The number of para-hydroxylation sites is 3. The lowest BCUT2D eigenvalue weighted by Gasteiger charge is -2.23. The molecule has 0 aliphatic carbocycles. The minimum absolute atomic E-state index is 0.0628. The number of aromatic amines is 2. The largest absolute Gasteiger partial charge is 0.361 e. The van der Waals surface area contributed by atoms with E-state index in [2.05, 4.69) is 22.1 Å². The van der Waals surface area contributed by atoms with Gasteiger partial charge in [-0.2, -0.15) is 0 Å². The van der Waals surface area contributed by atoms with E-state index in [-0.39, 0.29) is 11.9 Å². The van der Waals surface area contributed by atoms with Crippen molar-refractivity contribution in [2.45, 2.75) is 31.7 Å². The van der Waals surface area contributed by atoms with Crippen molar-refractivity contribution in [3.05, 3.63) is 66.1 Å². The zero-order valence-corrected chi connectivity index (χ0v) is 15.1. The summed E-state index contributed by atoms with van der Waals surface area (Å²) in [5.41, 5.74) is 4.33. The number of rotatable bonds is 4. The molecule has 5 heteroatoms. The minimum atomic E-state index is 0.0628. The molecule has 1 saturated heterocycles. The van der Waals surface area contributed by atoms with Crippen molar-refractivity contribution in [2.75, 3.05) is 6.54 Å². The first-order chi connectivity index (χ1) is 13.3. The third kappa shape index (κ3) is 2.89. The van der Waals surface area contributed by atoms with Crippen LogP contribution >= 0.6 is 0 Å². The first kappa shape index (κ1) is 16.1. The van der Waals surface area contributed by atoms with Crippen molar-refractivity contribution in [3.8, 4) is 0 Å². The fraction of sp³-hybridized carbons (Fsp3) is 0.273. The van der Waals surface area contributed by atoms with Gasteiger partial charge in [-0.25, -0.2) is 4.98 Å². The molecule has 0 radical (unpaired) electrons. The molecule has 136 valence electrons. The second-order valence-corrected chi connectivity index (χ2v) is 7.24. The van der Waals surface area contributed by atoms with Crippen molar-refractivity contribution >= 4 is 27.8 Å². The van der Waals surface area contributed by atoms with Gasteiger partial charge in [0.1, 0.15) is 5.82 Å². The van der Waals surface area contributed by atoms with Crippen LogP contribution in [0.3, 0.4) is 0 Å². The number of carbonyl (C=O) groups excluding carboxylic acids is 1. The zero-order valence-electron chi connectivity index (χ0n) is 15.1. The number of H-pyrrole nitrogens is 2. The third-order valence-electron chi connectivity index (χ3n) is 5.58. The summed E-state index contributed by atoms with van der Waals surface area (Å²) < 4.78 is 0. The lowest BCUT2D eigenvalue weighted by atomic mass is 10.1. The summed E-state index contributed by atoms with van der Waals surface area (Å²) in [5.74, 6) is 1.12. The van der Waals surface area contributed by atoms with Gasteiger partial charge in [-0.15, -0.1) is 0 Å². The molecular formula is C22H22N4O. The number of likely N-dealkylation sites (tertiary alicyclic amines) is 1. The summed E-state index contributed by atoms with van der Waals surface area (Å²) in [5, 5.41) is 1.21. The van der Waals surface area contributed by atoms with Crippen LogP contribution in [0.1, 0.15) is 36.7 Å². The van der Waals surface area contributed by atoms with Gasteiger partial charge in [0.15, 0.2) is 0 Å². The standard InChI is InChI=1S/C22H22N4O/c27-21(12-11-15-14-23-17-7-2-1-6-16(15)17)26-13-5-10-20(26)22-24-18-8-3-4-9-19(18)25-22/h1-4,6-9,14,20,23H,5,10-13H2,(H,24,25)/t20-/m1/s1. The highest BCUT2D eigenvalue weighted by molar-refractivity contribution is 5.84. The maximum absolute atomic E-state index is 12.9. The Hall–Kier alpha value is -3.08. The van der Waals surface area contributed by atoms with Crippen LogP contribution in [-0.2, 0) is 11.2 Å². The average Bonchev–Trinajstić information content (AvgIpc) is 3.43. The summed E-state index contributed by atoms with van der Waals surface area (Å²) in [6.45, 7) is 0.814. The molecule has 2 N–H and O–H groups in total. The number of imidazole rings is 1. The third-order valence-corrected chi connectivity index (χ3v) is 5.58. The van der Waals surface area contributed by atoms with Gasteiger partial charge in [-0.05, 0) is 43.0 Å². The lowest BCUT2D eigenvalue weighted by Crippen LogP contribution is -2.31. The number of aromatic nitrogens is 3. The summed E-state index contributed by atoms with van der Waals surface area (Å²) in [6, 6.07) is 16.3. The van der Waals surface area contributed by atoms with Gasteiger partial charge in [-0.3, -0.25) is 4.79 Å².